The van der Waals surface area contributed by atoms with Gasteiger partial charge in [0.2, 0.25) is 0 Å². The van der Waals surface area contributed by atoms with Crippen LogP contribution in [0.15, 0.2) is 24.4 Å². The van der Waals surface area contributed by atoms with Crippen LogP contribution in [0.1, 0.15) is 38.8 Å². The molecule has 1 aromatic rings. The molecule has 1 aromatic heterocycles. The van der Waals surface area contributed by atoms with E-state index in [1.165, 1.54) is 12.1 Å². The zero-order valence-corrected chi connectivity index (χ0v) is 11.7. The Balaban J connectivity index is 2.35. The summed E-state index contributed by atoms with van der Waals surface area (Å²) in [6.45, 7) is 6.99. The SMILES string of the molecule is CCCNC(CCCOCC)Cc1ccccn1. The molecule has 18 heavy (non-hydrogen) atoms. The maximum atomic E-state index is 5.40. The molecular weight excluding hydrogens is 224 g/mol. The van der Waals surface area contributed by atoms with Crippen molar-refractivity contribution in [3.63, 3.8) is 0 Å². The molecule has 0 amide bonds. The molecule has 0 aliphatic heterocycles. The lowest BCUT2D eigenvalue weighted by molar-refractivity contribution is 0.140. The lowest BCUT2D eigenvalue weighted by atomic mass is 10.1. The molecule has 1 unspecified atom stereocenters. The monoisotopic (exact) mass is 250 g/mol. The zero-order valence-electron chi connectivity index (χ0n) is 11.7. The highest BCUT2D eigenvalue weighted by molar-refractivity contribution is 5.05. The normalized spacial score (nSPS) is 12.6. The van der Waals surface area contributed by atoms with Gasteiger partial charge in [0.05, 0.1) is 0 Å². The van der Waals surface area contributed by atoms with E-state index in [1.807, 2.05) is 19.2 Å². The van der Waals surface area contributed by atoms with Crippen LogP contribution in [0.2, 0.25) is 0 Å². The summed E-state index contributed by atoms with van der Waals surface area (Å²) in [6.07, 6.45) is 6.31. The molecule has 0 saturated carbocycles. The van der Waals surface area contributed by atoms with E-state index in [9.17, 15) is 0 Å². The lowest BCUT2D eigenvalue weighted by Gasteiger charge is -2.18. The number of rotatable bonds is 10. The molecule has 3 heteroatoms. The second-order valence-electron chi connectivity index (χ2n) is 4.52. The van der Waals surface area contributed by atoms with Gasteiger partial charge in [-0.05, 0) is 44.9 Å². The Bertz CT molecular complexity index is 290. The number of pyridine rings is 1. The fourth-order valence-electron chi connectivity index (χ4n) is 1.97. The summed E-state index contributed by atoms with van der Waals surface area (Å²) in [4.78, 5) is 4.40. The summed E-state index contributed by atoms with van der Waals surface area (Å²) in [6, 6.07) is 6.63. The van der Waals surface area contributed by atoms with Gasteiger partial charge in [-0.2, -0.15) is 0 Å². The molecule has 0 aromatic carbocycles. The van der Waals surface area contributed by atoms with E-state index in [-0.39, 0.29) is 0 Å². The van der Waals surface area contributed by atoms with E-state index in [0.717, 1.165) is 39.0 Å². The first-order valence-corrected chi connectivity index (χ1v) is 7.07. The smallest absolute Gasteiger partial charge is 0.0466 e. The maximum absolute atomic E-state index is 5.40. The molecule has 1 atom stereocenters. The van der Waals surface area contributed by atoms with Crippen LogP contribution < -0.4 is 5.32 Å². The van der Waals surface area contributed by atoms with E-state index in [1.54, 1.807) is 0 Å². The van der Waals surface area contributed by atoms with Crippen LogP contribution >= 0.6 is 0 Å². The van der Waals surface area contributed by atoms with E-state index < -0.39 is 0 Å². The third-order valence-electron chi connectivity index (χ3n) is 2.91. The Labute approximate surface area is 111 Å². The summed E-state index contributed by atoms with van der Waals surface area (Å²) in [5.41, 5.74) is 1.17. The number of hydrogen-bond donors (Lipinski definition) is 1. The zero-order chi connectivity index (χ0) is 13.1. The Morgan fingerprint density at radius 3 is 2.89 bits per heavy atom. The van der Waals surface area contributed by atoms with Gasteiger partial charge in [-0.25, -0.2) is 0 Å². The predicted octanol–water partition coefficient (Wildman–Crippen LogP) is 2.81. The van der Waals surface area contributed by atoms with Gasteiger partial charge in [-0.15, -0.1) is 0 Å². The van der Waals surface area contributed by atoms with Crippen molar-refractivity contribution in [3.05, 3.63) is 30.1 Å². The van der Waals surface area contributed by atoms with Crippen LogP contribution in [-0.4, -0.2) is 30.8 Å². The molecule has 0 spiro atoms. The fraction of sp³-hybridized carbons (Fsp3) is 0.667. The molecule has 0 bridgehead atoms. The average molecular weight is 250 g/mol. The molecule has 0 aliphatic carbocycles. The maximum Gasteiger partial charge on any atom is 0.0466 e. The van der Waals surface area contributed by atoms with Gasteiger partial charge in [-0.1, -0.05) is 13.0 Å². The third kappa shape index (κ3) is 6.72. The lowest BCUT2D eigenvalue weighted by Crippen LogP contribution is -2.32. The highest BCUT2D eigenvalue weighted by Crippen LogP contribution is 2.06. The molecule has 1 N–H and O–H groups in total. The first kappa shape index (κ1) is 15.1. The van der Waals surface area contributed by atoms with E-state index >= 15 is 0 Å². The standard InChI is InChI=1S/C15H26N2O/c1-3-10-16-15(9-7-12-18-4-2)13-14-8-5-6-11-17-14/h5-6,8,11,15-16H,3-4,7,9-10,12-13H2,1-2H3. The number of nitrogens with one attached hydrogen (secondary N) is 1. The minimum atomic E-state index is 0.514. The van der Waals surface area contributed by atoms with Gasteiger partial charge in [0.25, 0.3) is 0 Å². The van der Waals surface area contributed by atoms with Crippen molar-refractivity contribution in [2.24, 2.45) is 0 Å². The van der Waals surface area contributed by atoms with Crippen LogP contribution in [0.3, 0.4) is 0 Å². The second-order valence-corrected chi connectivity index (χ2v) is 4.52. The molecule has 1 heterocycles. The van der Waals surface area contributed by atoms with Crippen LogP contribution in [0.4, 0.5) is 0 Å². The Kier molecular flexibility index (Phi) is 8.43. The van der Waals surface area contributed by atoms with Crippen molar-refractivity contribution in [3.8, 4) is 0 Å². The van der Waals surface area contributed by atoms with Crippen molar-refractivity contribution in [1.29, 1.82) is 0 Å². The van der Waals surface area contributed by atoms with Gasteiger partial charge >= 0.3 is 0 Å². The number of aromatic nitrogens is 1. The molecule has 102 valence electrons. The number of nitrogens with zero attached hydrogens (tertiary/aromatic N) is 1. The summed E-state index contributed by atoms with van der Waals surface area (Å²) in [5.74, 6) is 0. The fourth-order valence-corrected chi connectivity index (χ4v) is 1.97. The minimum Gasteiger partial charge on any atom is -0.382 e. The molecule has 0 aliphatic rings. The molecule has 0 radical (unpaired) electrons. The third-order valence-corrected chi connectivity index (χ3v) is 2.91. The van der Waals surface area contributed by atoms with E-state index in [2.05, 4.69) is 29.4 Å². The van der Waals surface area contributed by atoms with Crippen LogP contribution in [0.25, 0.3) is 0 Å². The quantitative estimate of drug-likeness (QED) is 0.648. The summed E-state index contributed by atoms with van der Waals surface area (Å²) < 4.78 is 5.40. The number of hydrogen-bond acceptors (Lipinski definition) is 3. The van der Waals surface area contributed by atoms with Gasteiger partial charge in [0, 0.05) is 37.6 Å². The number of ether oxygens (including phenoxy) is 1. The molecule has 3 nitrogen and oxygen atoms in total. The van der Waals surface area contributed by atoms with E-state index in [0.29, 0.717) is 6.04 Å². The van der Waals surface area contributed by atoms with Crippen molar-refractivity contribution < 1.29 is 4.74 Å². The Morgan fingerprint density at radius 2 is 2.22 bits per heavy atom. The first-order valence-electron chi connectivity index (χ1n) is 7.07. The molecular formula is C15H26N2O. The second kappa shape index (κ2) is 10.0. The largest absolute Gasteiger partial charge is 0.382 e. The van der Waals surface area contributed by atoms with Gasteiger partial charge in [-0.3, -0.25) is 4.98 Å². The van der Waals surface area contributed by atoms with Gasteiger partial charge in [0.15, 0.2) is 0 Å². The first-order chi connectivity index (χ1) is 8.86. The summed E-state index contributed by atoms with van der Waals surface area (Å²) in [5, 5.41) is 3.60. The Morgan fingerprint density at radius 1 is 1.33 bits per heavy atom. The highest BCUT2D eigenvalue weighted by atomic mass is 16.5. The van der Waals surface area contributed by atoms with Crippen LogP contribution in [-0.2, 0) is 11.2 Å². The van der Waals surface area contributed by atoms with Crippen molar-refractivity contribution in [2.45, 2.75) is 45.6 Å². The van der Waals surface area contributed by atoms with Crippen LogP contribution in [0.5, 0.6) is 0 Å². The predicted molar refractivity (Wildman–Crippen MR) is 75.7 cm³/mol. The topological polar surface area (TPSA) is 34.1 Å². The van der Waals surface area contributed by atoms with E-state index in [4.69, 9.17) is 4.74 Å². The van der Waals surface area contributed by atoms with Gasteiger partial charge < -0.3 is 10.1 Å². The molecule has 0 saturated heterocycles. The molecule has 0 fully saturated rings. The van der Waals surface area contributed by atoms with Crippen LogP contribution in [0, 0.1) is 0 Å². The highest BCUT2D eigenvalue weighted by Gasteiger charge is 2.09. The van der Waals surface area contributed by atoms with Gasteiger partial charge in [0.1, 0.15) is 0 Å². The minimum absolute atomic E-state index is 0.514. The summed E-state index contributed by atoms with van der Waals surface area (Å²) >= 11 is 0. The van der Waals surface area contributed by atoms with Crippen molar-refractivity contribution in [1.82, 2.24) is 10.3 Å². The summed E-state index contributed by atoms with van der Waals surface area (Å²) in [7, 11) is 0. The van der Waals surface area contributed by atoms with Crippen molar-refractivity contribution in [2.75, 3.05) is 19.8 Å². The van der Waals surface area contributed by atoms with Crippen molar-refractivity contribution >= 4 is 0 Å². The Hall–Kier alpha value is -0.930. The average Bonchev–Trinajstić information content (AvgIpc) is 2.41. The molecule has 1 rings (SSSR count).